The van der Waals surface area contributed by atoms with E-state index in [1.54, 1.807) is 0 Å². The molecule has 2 N–H and O–H groups in total. The van der Waals surface area contributed by atoms with E-state index in [0.717, 1.165) is 0 Å². The van der Waals surface area contributed by atoms with Crippen LogP contribution in [0.1, 0.15) is 5.76 Å². The van der Waals surface area contributed by atoms with Gasteiger partial charge in [-0.25, -0.2) is 4.98 Å². The summed E-state index contributed by atoms with van der Waals surface area (Å²) in [4.78, 5) is 3.88. The van der Waals surface area contributed by atoms with Crippen LogP contribution in [0.5, 0.6) is 5.88 Å². The number of hydrogen-bond acceptors (Lipinski definition) is 6. The highest BCUT2D eigenvalue weighted by molar-refractivity contribution is 7.92. The lowest BCUT2D eigenvalue weighted by molar-refractivity contribution is 0.236. The van der Waals surface area contributed by atoms with E-state index in [2.05, 4.69) is 9.71 Å². The van der Waals surface area contributed by atoms with Gasteiger partial charge in [0, 0.05) is 6.07 Å². The fourth-order valence-electron chi connectivity index (χ4n) is 1.35. The van der Waals surface area contributed by atoms with E-state index in [-0.39, 0.29) is 23.1 Å². The molecular formula is C11H12N2O5S. The Hall–Kier alpha value is -2.06. The number of pyridine rings is 1. The number of aromatic nitrogens is 1. The largest absolute Gasteiger partial charge is 0.481 e. The summed E-state index contributed by atoms with van der Waals surface area (Å²) in [5.41, 5.74) is 0.280. The molecule has 0 bridgehead atoms. The van der Waals surface area contributed by atoms with Gasteiger partial charge in [0.2, 0.25) is 11.0 Å². The summed E-state index contributed by atoms with van der Waals surface area (Å²) in [5.74, 6) is 0.553. The third kappa shape index (κ3) is 3.04. The van der Waals surface area contributed by atoms with E-state index in [1.165, 1.54) is 37.6 Å². The predicted molar refractivity (Wildman–Crippen MR) is 66.2 cm³/mol. The van der Waals surface area contributed by atoms with Gasteiger partial charge in [0.1, 0.15) is 12.4 Å². The van der Waals surface area contributed by atoms with Gasteiger partial charge in [0.25, 0.3) is 10.0 Å². The molecule has 0 fully saturated rings. The van der Waals surface area contributed by atoms with Crippen LogP contribution in [-0.2, 0) is 16.6 Å². The van der Waals surface area contributed by atoms with Crippen LogP contribution in [0.3, 0.4) is 0 Å². The van der Waals surface area contributed by atoms with Crippen LogP contribution < -0.4 is 9.46 Å². The molecule has 102 valence electrons. The molecule has 2 aromatic rings. The van der Waals surface area contributed by atoms with Crippen LogP contribution in [0.15, 0.2) is 40.0 Å². The van der Waals surface area contributed by atoms with Crippen molar-refractivity contribution in [1.29, 1.82) is 0 Å². The number of furan rings is 1. The Labute approximate surface area is 109 Å². The van der Waals surface area contributed by atoms with Crippen molar-refractivity contribution in [2.75, 3.05) is 11.8 Å². The topological polar surface area (TPSA) is 102 Å². The maximum atomic E-state index is 11.9. The molecule has 2 heterocycles. The van der Waals surface area contributed by atoms with Crippen molar-refractivity contribution in [3.63, 3.8) is 0 Å². The zero-order chi connectivity index (χ0) is 13.9. The summed E-state index contributed by atoms with van der Waals surface area (Å²) in [6.07, 6.45) is 1.33. The lowest BCUT2D eigenvalue weighted by Gasteiger charge is -2.05. The van der Waals surface area contributed by atoms with E-state index in [4.69, 9.17) is 14.3 Å². The molecule has 0 amide bonds. The monoisotopic (exact) mass is 284 g/mol. The highest BCUT2D eigenvalue weighted by Crippen LogP contribution is 2.19. The molecule has 0 aliphatic carbocycles. The van der Waals surface area contributed by atoms with Gasteiger partial charge >= 0.3 is 0 Å². The van der Waals surface area contributed by atoms with E-state index in [0.29, 0.717) is 5.88 Å². The standard InChI is InChI=1S/C11H12N2O5S/c1-17-10-4-2-8(6-12-10)13-19(15,16)11-5-3-9(7-14)18-11/h2-6,13-14H,7H2,1H3. The smallest absolute Gasteiger partial charge is 0.295 e. The molecule has 0 aliphatic rings. The third-order valence-electron chi connectivity index (χ3n) is 2.26. The number of anilines is 1. The first-order valence-corrected chi connectivity index (χ1v) is 6.76. The van der Waals surface area contributed by atoms with Crippen molar-refractivity contribution < 1.29 is 22.7 Å². The summed E-state index contributed by atoms with van der Waals surface area (Å²) in [5, 5.41) is 8.56. The lowest BCUT2D eigenvalue weighted by atomic mass is 10.4. The van der Waals surface area contributed by atoms with Crippen molar-refractivity contribution in [2.24, 2.45) is 0 Å². The van der Waals surface area contributed by atoms with Crippen LogP contribution in [0.25, 0.3) is 0 Å². The molecular weight excluding hydrogens is 272 g/mol. The number of hydrogen-bond donors (Lipinski definition) is 2. The summed E-state index contributed by atoms with van der Waals surface area (Å²) >= 11 is 0. The maximum Gasteiger partial charge on any atom is 0.295 e. The van der Waals surface area contributed by atoms with Crippen molar-refractivity contribution in [3.8, 4) is 5.88 Å². The average molecular weight is 284 g/mol. The van der Waals surface area contributed by atoms with Crippen LogP contribution >= 0.6 is 0 Å². The molecule has 0 saturated carbocycles. The van der Waals surface area contributed by atoms with Crippen molar-refractivity contribution >= 4 is 15.7 Å². The van der Waals surface area contributed by atoms with Crippen molar-refractivity contribution in [1.82, 2.24) is 4.98 Å². The molecule has 0 aliphatic heterocycles. The molecule has 0 saturated heterocycles. The summed E-state index contributed by atoms with van der Waals surface area (Å²) in [6, 6.07) is 5.70. The molecule has 0 radical (unpaired) electrons. The van der Waals surface area contributed by atoms with Gasteiger partial charge < -0.3 is 14.3 Å². The average Bonchev–Trinajstić information content (AvgIpc) is 2.89. The third-order valence-corrected chi connectivity index (χ3v) is 3.51. The fraction of sp³-hybridized carbons (Fsp3) is 0.182. The summed E-state index contributed by atoms with van der Waals surface area (Å²) < 4.78 is 36.0. The first-order chi connectivity index (χ1) is 9.05. The second-order valence-electron chi connectivity index (χ2n) is 3.57. The fourth-order valence-corrected chi connectivity index (χ4v) is 2.35. The minimum absolute atomic E-state index is 0.174. The molecule has 0 aromatic carbocycles. The Morgan fingerprint density at radius 2 is 2.16 bits per heavy atom. The zero-order valence-corrected chi connectivity index (χ0v) is 10.8. The van der Waals surface area contributed by atoms with E-state index < -0.39 is 10.0 Å². The van der Waals surface area contributed by atoms with E-state index >= 15 is 0 Å². The number of ether oxygens (including phenoxy) is 1. The zero-order valence-electron chi connectivity index (χ0n) is 10.0. The molecule has 2 aromatic heterocycles. The lowest BCUT2D eigenvalue weighted by Crippen LogP contribution is -2.12. The van der Waals surface area contributed by atoms with Gasteiger partial charge in [-0.2, -0.15) is 8.42 Å². The number of methoxy groups -OCH3 is 1. The Kier molecular flexibility index (Phi) is 3.72. The number of rotatable bonds is 5. The quantitative estimate of drug-likeness (QED) is 0.848. The van der Waals surface area contributed by atoms with E-state index in [9.17, 15) is 8.42 Å². The van der Waals surface area contributed by atoms with Crippen LogP contribution in [0.4, 0.5) is 5.69 Å². The minimum atomic E-state index is -3.83. The summed E-state index contributed by atoms with van der Waals surface area (Å²) in [7, 11) is -2.37. The van der Waals surface area contributed by atoms with Crippen LogP contribution in [0, 0.1) is 0 Å². The molecule has 2 rings (SSSR count). The number of nitrogens with zero attached hydrogens (tertiary/aromatic N) is 1. The van der Waals surface area contributed by atoms with Gasteiger partial charge in [0.15, 0.2) is 0 Å². The highest BCUT2D eigenvalue weighted by Gasteiger charge is 2.18. The Bertz CT molecular complexity index is 648. The molecule has 0 unspecified atom stereocenters. The SMILES string of the molecule is COc1ccc(NS(=O)(=O)c2ccc(CO)o2)cn1. The van der Waals surface area contributed by atoms with Gasteiger partial charge in [-0.3, -0.25) is 4.72 Å². The van der Waals surface area contributed by atoms with Crippen LogP contribution in [0.2, 0.25) is 0 Å². The molecule has 19 heavy (non-hydrogen) atoms. The van der Waals surface area contributed by atoms with Gasteiger partial charge in [-0.05, 0) is 18.2 Å². The Balaban J connectivity index is 2.20. The molecule has 0 atom stereocenters. The number of nitrogens with one attached hydrogen (secondary N) is 1. The highest BCUT2D eigenvalue weighted by atomic mass is 32.2. The molecule has 0 spiro atoms. The number of aliphatic hydroxyl groups excluding tert-OH is 1. The van der Waals surface area contributed by atoms with Gasteiger partial charge in [-0.1, -0.05) is 0 Å². The first-order valence-electron chi connectivity index (χ1n) is 5.27. The number of aliphatic hydroxyl groups is 1. The first kappa shape index (κ1) is 13.4. The second-order valence-corrected chi connectivity index (χ2v) is 5.19. The number of sulfonamides is 1. The van der Waals surface area contributed by atoms with Crippen LogP contribution in [-0.4, -0.2) is 25.6 Å². The Morgan fingerprint density at radius 1 is 1.37 bits per heavy atom. The van der Waals surface area contributed by atoms with Gasteiger partial charge in [-0.15, -0.1) is 0 Å². The normalized spacial score (nSPS) is 11.3. The van der Waals surface area contributed by atoms with Crippen molar-refractivity contribution in [3.05, 3.63) is 36.2 Å². The summed E-state index contributed by atoms with van der Waals surface area (Å²) in [6.45, 7) is -0.361. The minimum Gasteiger partial charge on any atom is -0.481 e. The Morgan fingerprint density at radius 3 is 2.68 bits per heavy atom. The maximum absolute atomic E-state index is 11.9. The van der Waals surface area contributed by atoms with E-state index in [1.807, 2.05) is 0 Å². The van der Waals surface area contributed by atoms with Crippen molar-refractivity contribution in [2.45, 2.75) is 11.7 Å². The molecule has 8 heteroatoms. The predicted octanol–water partition coefficient (Wildman–Crippen LogP) is 0.976. The second kappa shape index (κ2) is 5.29. The molecule has 7 nitrogen and oxygen atoms in total. The van der Waals surface area contributed by atoms with Gasteiger partial charge in [0.05, 0.1) is 19.0 Å².